The summed E-state index contributed by atoms with van der Waals surface area (Å²) in [6, 6.07) is 31.9. The molecule has 0 aliphatic carbocycles. The fourth-order valence-electron chi connectivity index (χ4n) is 5.21. The number of oxime groups is 3. The van der Waals surface area contributed by atoms with Crippen molar-refractivity contribution in [2.45, 2.75) is 41.5 Å². The molecule has 0 atom stereocenters. The van der Waals surface area contributed by atoms with Crippen LogP contribution in [0.3, 0.4) is 0 Å². The van der Waals surface area contributed by atoms with E-state index in [1.807, 2.05) is 72.8 Å². The van der Waals surface area contributed by atoms with Crippen molar-refractivity contribution in [1.29, 1.82) is 0 Å². The molecule has 0 amide bonds. The van der Waals surface area contributed by atoms with E-state index in [1.165, 1.54) is 20.8 Å². The summed E-state index contributed by atoms with van der Waals surface area (Å²) in [5.74, 6) is -1.49. The molecule has 0 heterocycles. The first-order valence-electron chi connectivity index (χ1n) is 15.1. The second-order valence-electron chi connectivity index (χ2n) is 11.1. The third-order valence-corrected chi connectivity index (χ3v) is 7.51. The highest BCUT2D eigenvalue weighted by Crippen LogP contribution is 2.41. The van der Waals surface area contributed by atoms with Gasteiger partial charge >= 0.3 is 17.9 Å². The largest absolute Gasteiger partial charge is 0.331 e. The predicted molar refractivity (Wildman–Crippen MR) is 188 cm³/mol. The Morgan fingerprint density at radius 3 is 1.35 bits per heavy atom. The van der Waals surface area contributed by atoms with Crippen molar-refractivity contribution in [1.82, 2.24) is 0 Å². The van der Waals surface area contributed by atoms with Gasteiger partial charge in [0.15, 0.2) is 0 Å². The van der Waals surface area contributed by atoms with Gasteiger partial charge < -0.3 is 19.4 Å². The summed E-state index contributed by atoms with van der Waals surface area (Å²) in [4.78, 5) is 50.9. The van der Waals surface area contributed by atoms with Crippen molar-refractivity contribution in [2.75, 3.05) is 4.90 Å². The Balaban J connectivity index is 1.71. The number of benzene rings is 5. The van der Waals surface area contributed by atoms with Gasteiger partial charge in [-0.2, -0.15) is 0 Å². The third-order valence-electron chi connectivity index (χ3n) is 7.51. The summed E-state index contributed by atoms with van der Waals surface area (Å²) in [6.07, 6.45) is 0. The van der Waals surface area contributed by atoms with E-state index in [4.69, 9.17) is 14.5 Å². The van der Waals surface area contributed by atoms with E-state index in [2.05, 4.69) is 44.6 Å². The smallest absolute Gasteiger partial charge is 0.318 e. The molecule has 0 saturated heterocycles. The average Bonchev–Trinajstić information content (AvgIpc) is 3.08. The Morgan fingerprint density at radius 2 is 0.917 bits per heavy atom. The lowest BCUT2D eigenvalue weighted by Gasteiger charge is -2.28. The van der Waals surface area contributed by atoms with Crippen molar-refractivity contribution in [3.63, 3.8) is 0 Å². The molecule has 5 aromatic carbocycles. The number of carbonyl (C=O) groups excluding carboxylic acids is 3. The molecule has 0 spiro atoms. The molecular formula is C38H34N4O6. The SMILES string of the molecule is CC(=O)O/N=C(/C)c1ccc(N(c2ccc(/C(C)=N\OC(C)=O)cc2)c2ccc(/C(C)=N/OC(C)=O)c3cc4ccccc4cc23)cc1. The number of rotatable bonds is 9. The van der Waals surface area contributed by atoms with Gasteiger partial charge in [-0.15, -0.1) is 0 Å². The fourth-order valence-corrected chi connectivity index (χ4v) is 5.21. The summed E-state index contributed by atoms with van der Waals surface area (Å²) in [5.41, 5.74) is 6.65. The van der Waals surface area contributed by atoms with Crippen LogP contribution in [0.5, 0.6) is 0 Å². The van der Waals surface area contributed by atoms with Crippen molar-refractivity contribution in [2.24, 2.45) is 15.5 Å². The topological polar surface area (TPSA) is 119 Å². The minimum absolute atomic E-state index is 0.496. The van der Waals surface area contributed by atoms with E-state index in [0.29, 0.717) is 17.1 Å². The maximum absolute atomic E-state index is 11.5. The summed E-state index contributed by atoms with van der Waals surface area (Å²) in [6.45, 7) is 9.26. The summed E-state index contributed by atoms with van der Waals surface area (Å²) in [5, 5.41) is 15.9. The Hall–Kier alpha value is -6.16. The van der Waals surface area contributed by atoms with Gasteiger partial charge in [-0.1, -0.05) is 70.1 Å². The minimum atomic E-state index is -0.500. The van der Waals surface area contributed by atoms with Gasteiger partial charge in [0.25, 0.3) is 0 Å². The van der Waals surface area contributed by atoms with E-state index in [-0.39, 0.29) is 0 Å². The normalized spacial score (nSPS) is 12.2. The van der Waals surface area contributed by atoms with Gasteiger partial charge in [0, 0.05) is 43.1 Å². The number of nitrogens with zero attached hydrogens (tertiary/aromatic N) is 4. The Morgan fingerprint density at radius 1 is 0.500 bits per heavy atom. The van der Waals surface area contributed by atoms with Crippen LogP contribution >= 0.6 is 0 Å². The molecule has 5 aromatic rings. The second-order valence-corrected chi connectivity index (χ2v) is 11.1. The van der Waals surface area contributed by atoms with Crippen LogP contribution in [0.4, 0.5) is 17.1 Å². The number of fused-ring (bicyclic) bond motifs is 2. The van der Waals surface area contributed by atoms with E-state index in [0.717, 1.165) is 55.3 Å². The molecule has 0 radical (unpaired) electrons. The van der Waals surface area contributed by atoms with Crippen LogP contribution in [0.15, 0.2) is 113 Å². The highest BCUT2D eigenvalue weighted by atomic mass is 16.7. The summed E-state index contributed by atoms with van der Waals surface area (Å²) < 4.78 is 0. The Labute approximate surface area is 277 Å². The number of anilines is 3. The molecule has 10 heteroatoms. The monoisotopic (exact) mass is 642 g/mol. The van der Waals surface area contributed by atoms with Crippen LogP contribution in [-0.2, 0) is 28.9 Å². The first-order valence-corrected chi connectivity index (χ1v) is 15.1. The van der Waals surface area contributed by atoms with Crippen molar-refractivity contribution in [3.05, 3.63) is 114 Å². The summed E-state index contributed by atoms with van der Waals surface area (Å²) in [7, 11) is 0. The zero-order valence-corrected chi connectivity index (χ0v) is 27.5. The molecule has 0 aromatic heterocycles. The van der Waals surface area contributed by atoms with Crippen LogP contribution in [-0.4, -0.2) is 35.0 Å². The van der Waals surface area contributed by atoms with E-state index in [9.17, 15) is 14.4 Å². The van der Waals surface area contributed by atoms with Gasteiger partial charge in [-0.3, -0.25) is 0 Å². The van der Waals surface area contributed by atoms with Crippen molar-refractivity contribution >= 4 is 73.7 Å². The second kappa shape index (κ2) is 14.5. The molecule has 0 unspecified atom stereocenters. The predicted octanol–water partition coefficient (Wildman–Crippen LogP) is 8.32. The van der Waals surface area contributed by atoms with Gasteiger partial charge in [0.2, 0.25) is 0 Å². The van der Waals surface area contributed by atoms with E-state index < -0.39 is 17.9 Å². The molecule has 48 heavy (non-hydrogen) atoms. The van der Waals surface area contributed by atoms with E-state index >= 15 is 0 Å². The van der Waals surface area contributed by atoms with Gasteiger partial charge in [-0.25, -0.2) is 14.4 Å². The maximum atomic E-state index is 11.5. The Bertz CT molecular complexity index is 2040. The summed E-state index contributed by atoms with van der Waals surface area (Å²) >= 11 is 0. The van der Waals surface area contributed by atoms with Crippen molar-refractivity contribution in [3.8, 4) is 0 Å². The van der Waals surface area contributed by atoms with Gasteiger partial charge in [0.1, 0.15) is 0 Å². The fraction of sp³-hybridized carbons (Fsp3) is 0.158. The van der Waals surface area contributed by atoms with Crippen LogP contribution in [0.25, 0.3) is 21.5 Å². The molecule has 0 N–H and O–H groups in total. The maximum Gasteiger partial charge on any atom is 0.331 e. The zero-order chi connectivity index (χ0) is 34.4. The lowest BCUT2D eigenvalue weighted by Crippen LogP contribution is -2.12. The molecule has 0 saturated carbocycles. The Kier molecular flexibility index (Phi) is 10.0. The van der Waals surface area contributed by atoms with Crippen molar-refractivity contribution < 1.29 is 28.9 Å². The van der Waals surface area contributed by atoms with Gasteiger partial charge in [0.05, 0.1) is 22.8 Å². The standard InChI is InChI=1S/C38H34N4O6/c1-23(39-46-26(4)43)29-11-15-33(16-12-29)42(34-17-13-30(14-18-34)24(2)40-47-27(5)44)38-20-19-35(25(3)41-48-28(6)45)36-21-31-9-7-8-10-32(31)22-37(36)38/h7-22H,1-6H3/b39-23-,40-24-,41-25+. The lowest BCUT2D eigenvalue weighted by molar-refractivity contribution is -0.141. The van der Waals surface area contributed by atoms with Crippen LogP contribution in [0.2, 0.25) is 0 Å². The molecule has 242 valence electrons. The first kappa shape index (κ1) is 33.2. The zero-order valence-electron chi connectivity index (χ0n) is 27.5. The van der Waals surface area contributed by atoms with Crippen LogP contribution < -0.4 is 4.90 Å². The van der Waals surface area contributed by atoms with E-state index in [1.54, 1.807) is 20.8 Å². The lowest BCUT2D eigenvalue weighted by atomic mass is 9.95. The van der Waals surface area contributed by atoms with Crippen LogP contribution in [0, 0.1) is 0 Å². The molecular weight excluding hydrogens is 608 g/mol. The molecule has 0 aliphatic heterocycles. The quantitative estimate of drug-likeness (QED) is 0.0686. The molecule has 0 bridgehead atoms. The molecule has 0 fully saturated rings. The first-order chi connectivity index (χ1) is 23.0. The number of hydrogen-bond acceptors (Lipinski definition) is 10. The average molecular weight is 643 g/mol. The van der Waals surface area contributed by atoms with Gasteiger partial charge in [-0.05, 0) is 90.5 Å². The molecule has 10 nitrogen and oxygen atoms in total. The molecule has 5 rings (SSSR count). The number of hydrogen-bond donors (Lipinski definition) is 0. The highest BCUT2D eigenvalue weighted by Gasteiger charge is 2.19. The highest BCUT2D eigenvalue weighted by molar-refractivity contribution is 6.16. The van der Waals surface area contributed by atoms with Crippen LogP contribution in [0.1, 0.15) is 58.2 Å². The molecule has 0 aliphatic rings. The third kappa shape index (κ3) is 7.61. The number of carbonyl (C=O) groups is 3. The minimum Gasteiger partial charge on any atom is -0.318 e.